The zero-order chi connectivity index (χ0) is 17.1. The molecule has 0 amide bonds. The monoisotopic (exact) mass is 394 g/mol. The van der Waals surface area contributed by atoms with Crippen LogP contribution in [-0.4, -0.2) is 75.7 Å². The SMILES string of the molecule is CC1CCN(S(=O)(=O)NCC(N2CCNCC2)C(F)(F)F)CC1.Cl. The molecular formula is C13H26ClF3N4O2S. The van der Waals surface area contributed by atoms with Crippen molar-refractivity contribution in [3.63, 3.8) is 0 Å². The first-order valence-electron chi connectivity index (χ1n) is 7.96. The molecule has 2 heterocycles. The maximum absolute atomic E-state index is 13.3. The van der Waals surface area contributed by atoms with Crippen molar-refractivity contribution >= 4 is 22.6 Å². The Balaban J connectivity index is 0.00000288. The molecule has 0 bridgehead atoms. The molecule has 6 nitrogen and oxygen atoms in total. The van der Waals surface area contributed by atoms with E-state index in [0.717, 1.165) is 12.8 Å². The summed E-state index contributed by atoms with van der Waals surface area (Å²) < 4.78 is 67.6. The predicted octanol–water partition coefficient (Wildman–Crippen LogP) is 0.811. The van der Waals surface area contributed by atoms with Gasteiger partial charge in [-0.1, -0.05) is 6.92 Å². The Morgan fingerprint density at radius 1 is 1.17 bits per heavy atom. The van der Waals surface area contributed by atoms with E-state index in [0.29, 0.717) is 32.1 Å². The molecule has 0 radical (unpaired) electrons. The fourth-order valence-electron chi connectivity index (χ4n) is 2.95. The lowest BCUT2D eigenvalue weighted by atomic mass is 10.0. The van der Waals surface area contributed by atoms with Crippen LogP contribution in [0, 0.1) is 5.92 Å². The molecule has 2 N–H and O–H groups in total. The molecule has 1 atom stereocenters. The fourth-order valence-corrected chi connectivity index (χ4v) is 4.19. The van der Waals surface area contributed by atoms with Crippen LogP contribution in [0.25, 0.3) is 0 Å². The van der Waals surface area contributed by atoms with Crippen LogP contribution in [-0.2, 0) is 10.2 Å². The van der Waals surface area contributed by atoms with Crippen LogP contribution in [0.3, 0.4) is 0 Å². The van der Waals surface area contributed by atoms with E-state index >= 15 is 0 Å². The molecule has 144 valence electrons. The van der Waals surface area contributed by atoms with Crippen LogP contribution in [0.15, 0.2) is 0 Å². The summed E-state index contributed by atoms with van der Waals surface area (Å²) in [4.78, 5) is 1.29. The van der Waals surface area contributed by atoms with Gasteiger partial charge in [-0.2, -0.15) is 25.9 Å². The van der Waals surface area contributed by atoms with Gasteiger partial charge >= 0.3 is 6.18 Å². The lowest BCUT2D eigenvalue weighted by Crippen LogP contribution is -2.58. The highest BCUT2D eigenvalue weighted by molar-refractivity contribution is 7.87. The Morgan fingerprint density at radius 2 is 1.71 bits per heavy atom. The second-order valence-electron chi connectivity index (χ2n) is 6.28. The molecule has 2 rings (SSSR count). The molecule has 0 aromatic carbocycles. The lowest BCUT2D eigenvalue weighted by Gasteiger charge is -2.36. The van der Waals surface area contributed by atoms with E-state index in [1.807, 2.05) is 6.92 Å². The number of piperidine rings is 1. The average Bonchev–Trinajstić information content (AvgIpc) is 2.47. The molecule has 0 aromatic heterocycles. The quantitative estimate of drug-likeness (QED) is 0.724. The fraction of sp³-hybridized carbons (Fsp3) is 1.00. The molecule has 24 heavy (non-hydrogen) atoms. The van der Waals surface area contributed by atoms with Crippen molar-refractivity contribution in [3.05, 3.63) is 0 Å². The summed E-state index contributed by atoms with van der Waals surface area (Å²) in [5, 5.41) is 2.99. The Kier molecular flexibility index (Phi) is 8.21. The highest BCUT2D eigenvalue weighted by Gasteiger charge is 2.44. The largest absolute Gasteiger partial charge is 0.405 e. The van der Waals surface area contributed by atoms with Gasteiger partial charge in [0.2, 0.25) is 0 Å². The summed E-state index contributed by atoms with van der Waals surface area (Å²) in [6.07, 6.45) is -2.99. The van der Waals surface area contributed by atoms with E-state index in [1.54, 1.807) is 0 Å². The van der Waals surface area contributed by atoms with E-state index in [-0.39, 0.29) is 25.5 Å². The number of alkyl halides is 3. The number of rotatable bonds is 5. The van der Waals surface area contributed by atoms with Gasteiger partial charge in [-0.25, -0.2) is 4.72 Å². The summed E-state index contributed by atoms with van der Waals surface area (Å²) in [7, 11) is -3.86. The molecule has 1 unspecified atom stereocenters. The number of hydrogen-bond acceptors (Lipinski definition) is 4. The zero-order valence-corrected chi connectivity index (χ0v) is 15.3. The second kappa shape index (κ2) is 9.00. The third-order valence-corrected chi connectivity index (χ3v) is 6.09. The van der Waals surface area contributed by atoms with Crippen molar-refractivity contribution in [1.29, 1.82) is 0 Å². The molecule has 2 aliphatic rings. The first-order valence-corrected chi connectivity index (χ1v) is 9.40. The van der Waals surface area contributed by atoms with Gasteiger partial charge in [-0.3, -0.25) is 4.90 Å². The highest BCUT2D eigenvalue weighted by Crippen LogP contribution is 2.25. The molecule has 11 heteroatoms. The van der Waals surface area contributed by atoms with Gasteiger partial charge in [0.15, 0.2) is 0 Å². The molecule has 2 fully saturated rings. The summed E-state index contributed by atoms with van der Waals surface area (Å²) in [6.45, 7) is 3.59. The van der Waals surface area contributed by atoms with Crippen molar-refractivity contribution in [1.82, 2.24) is 19.2 Å². The maximum atomic E-state index is 13.3. The first kappa shape index (κ1) is 21.9. The predicted molar refractivity (Wildman–Crippen MR) is 88.4 cm³/mol. The van der Waals surface area contributed by atoms with Crippen LogP contribution in [0.2, 0.25) is 0 Å². The molecule has 2 saturated heterocycles. The summed E-state index contributed by atoms with van der Waals surface area (Å²) in [5.41, 5.74) is 0. The Bertz CT molecular complexity index is 478. The van der Waals surface area contributed by atoms with E-state index < -0.39 is 29.0 Å². The molecular weight excluding hydrogens is 369 g/mol. The van der Waals surface area contributed by atoms with Crippen LogP contribution >= 0.6 is 12.4 Å². The van der Waals surface area contributed by atoms with Gasteiger partial charge in [-0.15, -0.1) is 12.4 Å². The molecule has 0 aromatic rings. The number of nitrogens with zero attached hydrogens (tertiary/aromatic N) is 2. The summed E-state index contributed by atoms with van der Waals surface area (Å²) in [5.74, 6) is 0.449. The second-order valence-corrected chi connectivity index (χ2v) is 8.03. The normalized spacial score (nSPS) is 23.7. The van der Waals surface area contributed by atoms with Crippen LogP contribution in [0.4, 0.5) is 13.2 Å². The minimum absolute atomic E-state index is 0. The van der Waals surface area contributed by atoms with Crippen molar-refractivity contribution < 1.29 is 21.6 Å². The van der Waals surface area contributed by atoms with Crippen LogP contribution in [0.5, 0.6) is 0 Å². The van der Waals surface area contributed by atoms with Crippen molar-refractivity contribution in [2.24, 2.45) is 5.92 Å². The average molecular weight is 395 g/mol. The smallest absolute Gasteiger partial charge is 0.314 e. The number of hydrogen-bond donors (Lipinski definition) is 2. The van der Waals surface area contributed by atoms with E-state index in [4.69, 9.17) is 0 Å². The Hall–Kier alpha value is -0.130. The van der Waals surface area contributed by atoms with Crippen LogP contribution in [0.1, 0.15) is 19.8 Å². The highest BCUT2D eigenvalue weighted by atomic mass is 35.5. The van der Waals surface area contributed by atoms with E-state index in [1.165, 1.54) is 9.21 Å². The third kappa shape index (κ3) is 5.99. The van der Waals surface area contributed by atoms with Crippen molar-refractivity contribution in [3.8, 4) is 0 Å². The number of nitrogens with one attached hydrogen (secondary N) is 2. The number of piperazine rings is 1. The van der Waals surface area contributed by atoms with Gasteiger partial charge in [0.25, 0.3) is 10.2 Å². The Labute approximate surface area is 147 Å². The van der Waals surface area contributed by atoms with Gasteiger partial charge in [0, 0.05) is 45.8 Å². The zero-order valence-electron chi connectivity index (χ0n) is 13.7. The molecule has 2 aliphatic heterocycles. The maximum Gasteiger partial charge on any atom is 0.405 e. The molecule has 0 saturated carbocycles. The van der Waals surface area contributed by atoms with Crippen molar-refractivity contribution in [2.75, 3.05) is 45.8 Å². The lowest BCUT2D eigenvalue weighted by molar-refractivity contribution is -0.182. The number of halogens is 4. The van der Waals surface area contributed by atoms with Gasteiger partial charge in [-0.05, 0) is 18.8 Å². The van der Waals surface area contributed by atoms with Crippen molar-refractivity contribution in [2.45, 2.75) is 32.0 Å². The standard InChI is InChI=1S/C13H25F3N4O2S.ClH/c1-11-2-6-20(7-3-11)23(21,22)18-10-12(13(14,15)16)19-8-4-17-5-9-19;/h11-12,17-18H,2-10H2,1H3;1H. The van der Waals surface area contributed by atoms with E-state index in [9.17, 15) is 21.6 Å². The van der Waals surface area contributed by atoms with Crippen LogP contribution < -0.4 is 10.0 Å². The minimum atomic E-state index is -4.46. The Morgan fingerprint density at radius 3 is 2.21 bits per heavy atom. The molecule has 0 aliphatic carbocycles. The third-order valence-electron chi connectivity index (χ3n) is 4.51. The summed E-state index contributed by atoms with van der Waals surface area (Å²) >= 11 is 0. The minimum Gasteiger partial charge on any atom is -0.314 e. The molecule has 0 spiro atoms. The first-order chi connectivity index (χ1) is 10.7. The van der Waals surface area contributed by atoms with Gasteiger partial charge in [0.05, 0.1) is 0 Å². The summed E-state index contributed by atoms with van der Waals surface area (Å²) in [6, 6.07) is -1.79. The van der Waals surface area contributed by atoms with E-state index in [2.05, 4.69) is 10.0 Å². The van der Waals surface area contributed by atoms with Gasteiger partial charge in [0.1, 0.15) is 6.04 Å². The topological polar surface area (TPSA) is 64.7 Å². The van der Waals surface area contributed by atoms with Gasteiger partial charge < -0.3 is 5.32 Å².